The summed E-state index contributed by atoms with van der Waals surface area (Å²) in [6.45, 7) is 5.09. The summed E-state index contributed by atoms with van der Waals surface area (Å²) in [5, 5.41) is 3.49. The van der Waals surface area contributed by atoms with Crippen LogP contribution in [0.5, 0.6) is 0 Å². The van der Waals surface area contributed by atoms with Gasteiger partial charge in [0.25, 0.3) is 0 Å². The van der Waals surface area contributed by atoms with Crippen molar-refractivity contribution in [3.05, 3.63) is 29.0 Å². The van der Waals surface area contributed by atoms with Gasteiger partial charge in [-0.3, -0.25) is 9.97 Å². The second kappa shape index (κ2) is 6.53. The lowest BCUT2D eigenvalue weighted by molar-refractivity contribution is 0.572. The molecule has 0 saturated heterocycles. The quantitative estimate of drug-likeness (QED) is 0.815. The van der Waals surface area contributed by atoms with E-state index in [0.717, 1.165) is 34.2 Å². The van der Waals surface area contributed by atoms with Gasteiger partial charge in [0, 0.05) is 23.4 Å². The summed E-state index contributed by atoms with van der Waals surface area (Å²) in [6.07, 6.45) is 4.56. The first-order valence-electron chi connectivity index (χ1n) is 6.34. The van der Waals surface area contributed by atoms with Crippen LogP contribution >= 0.6 is 27.5 Å². The summed E-state index contributed by atoms with van der Waals surface area (Å²) in [5.74, 6) is 0.604. The zero-order chi connectivity index (χ0) is 13.8. The number of aromatic nitrogens is 2. The first kappa shape index (κ1) is 14.5. The maximum atomic E-state index is 6.30. The van der Waals surface area contributed by atoms with Gasteiger partial charge in [0.1, 0.15) is 5.52 Å². The molecule has 1 N–H and O–H groups in total. The second-order valence-corrected chi connectivity index (χ2v) is 6.52. The number of nitrogens with one attached hydrogen (secondary N) is 1. The van der Waals surface area contributed by atoms with E-state index < -0.39 is 0 Å². The highest BCUT2D eigenvalue weighted by Gasteiger charge is 2.09. The topological polar surface area (TPSA) is 37.8 Å². The molecule has 2 heterocycles. The van der Waals surface area contributed by atoms with E-state index >= 15 is 0 Å². The fourth-order valence-electron chi connectivity index (χ4n) is 1.96. The molecule has 0 radical (unpaired) electrons. The Morgan fingerprint density at radius 1 is 1.37 bits per heavy atom. The molecule has 2 aromatic rings. The first-order valence-corrected chi connectivity index (χ1v) is 7.57. The molecule has 5 heteroatoms. The molecule has 102 valence electrons. The summed E-state index contributed by atoms with van der Waals surface area (Å²) >= 11 is 9.70. The molecule has 0 aliphatic rings. The normalized spacial score (nSPS) is 12.9. The molecule has 2 aromatic heterocycles. The summed E-state index contributed by atoms with van der Waals surface area (Å²) in [4.78, 5) is 8.72. The SMILES string of the molecule is CC(C)CC(Cl)CNc1ccnc2cc(Br)cnc12. The molecule has 1 unspecified atom stereocenters. The Hall–Kier alpha value is -0.870. The average molecular weight is 343 g/mol. The van der Waals surface area contributed by atoms with Crippen molar-refractivity contribution in [2.24, 2.45) is 5.92 Å². The molecule has 0 aromatic carbocycles. The highest BCUT2D eigenvalue weighted by atomic mass is 79.9. The minimum absolute atomic E-state index is 0.124. The molecule has 0 fully saturated rings. The molecule has 2 rings (SSSR count). The Bertz CT molecular complexity index is 559. The number of fused-ring (bicyclic) bond motifs is 1. The van der Waals surface area contributed by atoms with Crippen molar-refractivity contribution in [3.63, 3.8) is 0 Å². The van der Waals surface area contributed by atoms with E-state index in [9.17, 15) is 0 Å². The minimum Gasteiger partial charge on any atom is -0.382 e. The Morgan fingerprint density at radius 3 is 2.89 bits per heavy atom. The van der Waals surface area contributed by atoms with Gasteiger partial charge in [-0.25, -0.2) is 0 Å². The Morgan fingerprint density at radius 2 is 2.16 bits per heavy atom. The fourth-order valence-corrected chi connectivity index (χ4v) is 2.72. The molecule has 0 saturated carbocycles. The third-order valence-electron chi connectivity index (χ3n) is 2.79. The fraction of sp³-hybridized carbons (Fsp3) is 0.429. The lowest BCUT2D eigenvalue weighted by Crippen LogP contribution is -2.16. The molecular formula is C14H17BrClN3. The molecule has 0 aliphatic carbocycles. The predicted octanol–water partition coefficient (Wildman–Crippen LogP) is 4.46. The van der Waals surface area contributed by atoms with Crippen molar-refractivity contribution < 1.29 is 0 Å². The minimum atomic E-state index is 0.124. The van der Waals surface area contributed by atoms with Crippen LogP contribution in [0.3, 0.4) is 0 Å². The van der Waals surface area contributed by atoms with Gasteiger partial charge in [-0.1, -0.05) is 13.8 Å². The highest BCUT2D eigenvalue weighted by molar-refractivity contribution is 9.10. The number of rotatable bonds is 5. The molecule has 0 spiro atoms. The van der Waals surface area contributed by atoms with Crippen LogP contribution in [0.2, 0.25) is 0 Å². The Labute approximate surface area is 126 Å². The van der Waals surface area contributed by atoms with E-state index in [1.54, 1.807) is 12.4 Å². The van der Waals surface area contributed by atoms with Crippen LogP contribution in [0.4, 0.5) is 5.69 Å². The zero-order valence-electron chi connectivity index (χ0n) is 11.0. The third kappa shape index (κ3) is 4.05. The van der Waals surface area contributed by atoms with Crippen LogP contribution in [-0.4, -0.2) is 21.9 Å². The van der Waals surface area contributed by atoms with Gasteiger partial charge in [-0.15, -0.1) is 11.6 Å². The summed E-state index contributed by atoms with van der Waals surface area (Å²) < 4.78 is 0.930. The largest absolute Gasteiger partial charge is 0.382 e. The number of hydrogen-bond donors (Lipinski definition) is 1. The molecule has 19 heavy (non-hydrogen) atoms. The van der Waals surface area contributed by atoms with E-state index in [2.05, 4.69) is 45.1 Å². The Kier molecular flexibility index (Phi) is 4.99. The maximum Gasteiger partial charge on any atom is 0.112 e. The van der Waals surface area contributed by atoms with Crippen LogP contribution in [0, 0.1) is 5.92 Å². The van der Waals surface area contributed by atoms with Gasteiger partial charge >= 0.3 is 0 Å². The highest BCUT2D eigenvalue weighted by Crippen LogP contribution is 2.22. The van der Waals surface area contributed by atoms with E-state index in [4.69, 9.17) is 11.6 Å². The summed E-state index contributed by atoms with van der Waals surface area (Å²) in [7, 11) is 0. The molecule has 3 nitrogen and oxygen atoms in total. The monoisotopic (exact) mass is 341 g/mol. The van der Waals surface area contributed by atoms with Gasteiger partial charge in [0.15, 0.2) is 0 Å². The molecule has 0 bridgehead atoms. The molecular weight excluding hydrogens is 326 g/mol. The predicted molar refractivity (Wildman–Crippen MR) is 84.8 cm³/mol. The smallest absolute Gasteiger partial charge is 0.112 e. The van der Waals surface area contributed by atoms with Gasteiger partial charge in [0.2, 0.25) is 0 Å². The summed E-state index contributed by atoms with van der Waals surface area (Å²) in [5.41, 5.74) is 2.72. The van der Waals surface area contributed by atoms with E-state index in [1.165, 1.54) is 0 Å². The van der Waals surface area contributed by atoms with Crippen molar-refractivity contribution in [1.82, 2.24) is 9.97 Å². The number of nitrogens with zero attached hydrogens (tertiary/aromatic N) is 2. The number of halogens is 2. The van der Waals surface area contributed by atoms with E-state index in [1.807, 2.05) is 12.1 Å². The molecule has 0 aliphatic heterocycles. The van der Waals surface area contributed by atoms with Gasteiger partial charge < -0.3 is 5.32 Å². The maximum absolute atomic E-state index is 6.30. The zero-order valence-corrected chi connectivity index (χ0v) is 13.4. The van der Waals surface area contributed by atoms with Crippen LogP contribution in [0.1, 0.15) is 20.3 Å². The number of hydrogen-bond acceptors (Lipinski definition) is 3. The van der Waals surface area contributed by atoms with Crippen molar-refractivity contribution in [1.29, 1.82) is 0 Å². The first-order chi connectivity index (χ1) is 9.06. The van der Waals surface area contributed by atoms with Gasteiger partial charge in [-0.05, 0) is 40.4 Å². The number of anilines is 1. The summed E-state index contributed by atoms with van der Waals surface area (Å²) in [6, 6.07) is 3.89. The third-order valence-corrected chi connectivity index (χ3v) is 3.55. The number of pyridine rings is 2. The van der Waals surface area contributed by atoms with Crippen molar-refractivity contribution >= 4 is 44.3 Å². The van der Waals surface area contributed by atoms with E-state index in [0.29, 0.717) is 5.92 Å². The van der Waals surface area contributed by atoms with Crippen LogP contribution < -0.4 is 5.32 Å². The van der Waals surface area contributed by atoms with E-state index in [-0.39, 0.29) is 5.38 Å². The lowest BCUT2D eigenvalue weighted by atomic mass is 10.1. The van der Waals surface area contributed by atoms with Crippen LogP contribution in [0.15, 0.2) is 29.0 Å². The lowest BCUT2D eigenvalue weighted by Gasteiger charge is -2.14. The number of alkyl halides is 1. The van der Waals surface area contributed by atoms with Crippen molar-refractivity contribution in [2.45, 2.75) is 25.6 Å². The van der Waals surface area contributed by atoms with Crippen molar-refractivity contribution in [2.75, 3.05) is 11.9 Å². The second-order valence-electron chi connectivity index (χ2n) is 4.99. The van der Waals surface area contributed by atoms with Gasteiger partial charge in [-0.2, -0.15) is 0 Å². The van der Waals surface area contributed by atoms with Crippen LogP contribution in [0.25, 0.3) is 11.0 Å². The van der Waals surface area contributed by atoms with Crippen molar-refractivity contribution in [3.8, 4) is 0 Å². The van der Waals surface area contributed by atoms with Crippen LogP contribution in [-0.2, 0) is 0 Å². The molecule has 1 atom stereocenters. The average Bonchev–Trinajstić information content (AvgIpc) is 2.35. The van der Waals surface area contributed by atoms with Gasteiger partial charge in [0.05, 0.1) is 16.6 Å². The Balaban J connectivity index is 2.12. The standard InChI is InChI=1S/C14H17BrClN3/c1-9(2)5-11(16)8-18-12-3-4-17-13-6-10(15)7-19-14(12)13/h3-4,6-7,9,11H,5,8H2,1-2H3,(H,17,18). The molecule has 0 amide bonds.